The molecule has 6 nitrogen and oxygen atoms in total. The molecule has 2 rings (SSSR count). The molecule has 0 aromatic heterocycles. The van der Waals surface area contributed by atoms with Gasteiger partial charge in [0, 0.05) is 26.1 Å². The van der Waals surface area contributed by atoms with E-state index in [9.17, 15) is 5.11 Å². The summed E-state index contributed by atoms with van der Waals surface area (Å²) in [6.45, 7) is 3.79. The molecule has 0 fully saturated rings. The van der Waals surface area contributed by atoms with E-state index in [1.807, 2.05) is 55.5 Å². The largest absolute Gasteiger partial charge is 0.493 e. The summed E-state index contributed by atoms with van der Waals surface area (Å²) < 4.78 is 10.9. The normalized spacial score (nSPS) is 11.9. The van der Waals surface area contributed by atoms with Crippen molar-refractivity contribution in [3.63, 3.8) is 0 Å². The van der Waals surface area contributed by atoms with Crippen LogP contribution < -0.4 is 20.1 Å². The number of benzene rings is 2. The van der Waals surface area contributed by atoms with Crippen molar-refractivity contribution < 1.29 is 14.6 Å². The fraction of sp³-hybridized carbons (Fsp3) is 0.381. The number of methoxy groups -OCH3 is 1. The van der Waals surface area contributed by atoms with Crippen LogP contribution in [0.15, 0.2) is 53.5 Å². The molecule has 0 bridgehead atoms. The molecule has 1 unspecified atom stereocenters. The van der Waals surface area contributed by atoms with Crippen molar-refractivity contribution in [2.75, 3.05) is 33.9 Å². The van der Waals surface area contributed by atoms with Crippen LogP contribution in [0.3, 0.4) is 0 Å². The number of nitrogens with zero attached hydrogens (tertiary/aromatic N) is 1. The SMILES string of the molecule is CCOc1cc(CNC(=NC)NCC(CO)c2ccccc2)ccc1OC.I. The average Bonchev–Trinajstić information content (AvgIpc) is 2.72. The van der Waals surface area contributed by atoms with Crippen LogP contribution in [-0.2, 0) is 6.54 Å². The predicted octanol–water partition coefficient (Wildman–Crippen LogP) is 3.15. The highest BCUT2D eigenvalue weighted by atomic mass is 127. The highest BCUT2D eigenvalue weighted by molar-refractivity contribution is 14.0. The van der Waals surface area contributed by atoms with E-state index in [1.165, 1.54) is 0 Å². The monoisotopic (exact) mass is 499 g/mol. The number of ether oxygens (including phenoxy) is 2. The maximum absolute atomic E-state index is 9.68. The standard InChI is InChI=1S/C21H29N3O3.HI/c1-4-27-20-12-16(10-11-19(20)26-3)13-23-21(22-2)24-14-18(15-25)17-8-6-5-7-9-17;/h5-12,18,25H,4,13-15H2,1-3H3,(H2,22,23,24);1H. The maximum Gasteiger partial charge on any atom is 0.191 e. The van der Waals surface area contributed by atoms with Crippen molar-refractivity contribution in [1.29, 1.82) is 0 Å². The van der Waals surface area contributed by atoms with Gasteiger partial charge >= 0.3 is 0 Å². The zero-order valence-electron chi connectivity index (χ0n) is 16.6. The second kappa shape index (κ2) is 13.2. The zero-order valence-corrected chi connectivity index (χ0v) is 19.0. The first-order valence-corrected chi connectivity index (χ1v) is 9.11. The quantitative estimate of drug-likeness (QED) is 0.281. The minimum Gasteiger partial charge on any atom is -0.493 e. The third kappa shape index (κ3) is 7.20. The molecule has 0 saturated carbocycles. The third-order valence-corrected chi connectivity index (χ3v) is 4.22. The van der Waals surface area contributed by atoms with Crippen molar-refractivity contribution in [2.24, 2.45) is 4.99 Å². The Labute approximate surface area is 184 Å². The van der Waals surface area contributed by atoms with Crippen LogP contribution in [0.5, 0.6) is 11.5 Å². The molecule has 0 aliphatic carbocycles. The van der Waals surface area contributed by atoms with E-state index in [-0.39, 0.29) is 36.5 Å². The van der Waals surface area contributed by atoms with E-state index in [1.54, 1.807) is 14.2 Å². The highest BCUT2D eigenvalue weighted by Crippen LogP contribution is 2.27. The minimum absolute atomic E-state index is 0. The van der Waals surface area contributed by atoms with Crippen LogP contribution in [-0.4, -0.2) is 45.0 Å². The second-order valence-electron chi connectivity index (χ2n) is 6.02. The topological polar surface area (TPSA) is 75.1 Å². The number of aliphatic imine (C=N–C) groups is 1. The lowest BCUT2D eigenvalue weighted by Gasteiger charge is -2.18. The minimum atomic E-state index is 0. The lowest BCUT2D eigenvalue weighted by atomic mass is 10.0. The molecule has 154 valence electrons. The summed E-state index contributed by atoms with van der Waals surface area (Å²) >= 11 is 0. The summed E-state index contributed by atoms with van der Waals surface area (Å²) in [5.41, 5.74) is 2.16. The van der Waals surface area contributed by atoms with Crippen molar-refractivity contribution in [3.05, 3.63) is 59.7 Å². The molecular weight excluding hydrogens is 469 g/mol. The van der Waals surface area contributed by atoms with Gasteiger partial charge in [0.05, 0.1) is 20.3 Å². The van der Waals surface area contributed by atoms with Gasteiger partial charge in [-0.25, -0.2) is 0 Å². The summed E-state index contributed by atoms with van der Waals surface area (Å²) in [5, 5.41) is 16.2. The first-order valence-electron chi connectivity index (χ1n) is 9.11. The van der Waals surface area contributed by atoms with Crippen molar-refractivity contribution in [1.82, 2.24) is 10.6 Å². The van der Waals surface area contributed by atoms with Crippen LogP contribution in [0.1, 0.15) is 24.0 Å². The van der Waals surface area contributed by atoms with E-state index in [0.717, 1.165) is 22.6 Å². The lowest BCUT2D eigenvalue weighted by Crippen LogP contribution is -2.39. The van der Waals surface area contributed by atoms with Gasteiger partial charge in [0.25, 0.3) is 0 Å². The predicted molar refractivity (Wildman–Crippen MR) is 124 cm³/mol. The van der Waals surface area contributed by atoms with E-state index in [4.69, 9.17) is 9.47 Å². The summed E-state index contributed by atoms with van der Waals surface area (Å²) in [4.78, 5) is 4.25. The van der Waals surface area contributed by atoms with Gasteiger partial charge in [-0.05, 0) is 30.2 Å². The molecule has 0 amide bonds. The molecule has 0 heterocycles. The molecule has 0 aliphatic heterocycles. The highest BCUT2D eigenvalue weighted by Gasteiger charge is 2.11. The number of hydrogen-bond acceptors (Lipinski definition) is 4. The summed E-state index contributed by atoms with van der Waals surface area (Å²) in [6, 6.07) is 15.8. The second-order valence-corrected chi connectivity index (χ2v) is 6.02. The van der Waals surface area contributed by atoms with Gasteiger partial charge in [0.2, 0.25) is 0 Å². The van der Waals surface area contributed by atoms with Crippen molar-refractivity contribution in [2.45, 2.75) is 19.4 Å². The molecular formula is C21H30IN3O3. The number of hydrogen-bond donors (Lipinski definition) is 3. The molecule has 7 heteroatoms. The van der Waals surface area contributed by atoms with Gasteiger partial charge in [-0.2, -0.15) is 0 Å². The first kappa shape index (κ1) is 24.0. The van der Waals surface area contributed by atoms with Crippen LogP contribution in [0.2, 0.25) is 0 Å². The molecule has 2 aromatic carbocycles. The van der Waals surface area contributed by atoms with Crippen LogP contribution in [0.25, 0.3) is 0 Å². The van der Waals surface area contributed by atoms with E-state index >= 15 is 0 Å². The Kier molecular flexibility index (Phi) is 11.4. The van der Waals surface area contributed by atoms with Gasteiger partial charge in [-0.15, -0.1) is 24.0 Å². The fourth-order valence-electron chi connectivity index (χ4n) is 2.74. The molecule has 2 aromatic rings. The average molecular weight is 499 g/mol. The first-order chi connectivity index (χ1) is 13.2. The number of rotatable bonds is 9. The molecule has 0 spiro atoms. The van der Waals surface area contributed by atoms with E-state index in [2.05, 4.69) is 15.6 Å². The van der Waals surface area contributed by atoms with Gasteiger partial charge in [0.15, 0.2) is 17.5 Å². The molecule has 0 saturated heterocycles. The number of aliphatic hydroxyl groups is 1. The Hall–Kier alpha value is -2.00. The van der Waals surface area contributed by atoms with Gasteiger partial charge < -0.3 is 25.2 Å². The van der Waals surface area contributed by atoms with Crippen molar-refractivity contribution in [3.8, 4) is 11.5 Å². The summed E-state index contributed by atoms with van der Waals surface area (Å²) in [6.07, 6.45) is 0. The lowest BCUT2D eigenvalue weighted by molar-refractivity contribution is 0.265. The molecule has 0 aliphatic rings. The number of aliphatic hydroxyl groups excluding tert-OH is 1. The molecule has 0 radical (unpaired) electrons. The number of guanidine groups is 1. The van der Waals surface area contributed by atoms with Gasteiger partial charge in [-0.1, -0.05) is 36.4 Å². The molecule has 3 N–H and O–H groups in total. The maximum atomic E-state index is 9.68. The Bertz CT molecular complexity index is 726. The Morgan fingerprint density at radius 2 is 1.86 bits per heavy atom. The van der Waals surface area contributed by atoms with Gasteiger partial charge in [0.1, 0.15) is 0 Å². The summed E-state index contributed by atoms with van der Waals surface area (Å²) in [5.74, 6) is 2.14. The Balaban J connectivity index is 0.00000392. The summed E-state index contributed by atoms with van der Waals surface area (Å²) in [7, 11) is 3.36. The fourth-order valence-corrected chi connectivity index (χ4v) is 2.74. The zero-order chi connectivity index (χ0) is 19.5. The molecule has 1 atom stereocenters. The van der Waals surface area contributed by atoms with Crippen LogP contribution >= 0.6 is 24.0 Å². The van der Waals surface area contributed by atoms with Gasteiger partial charge in [-0.3, -0.25) is 4.99 Å². The number of halogens is 1. The van der Waals surface area contributed by atoms with E-state index < -0.39 is 0 Å². The van der Waals surface area contributed by atoms with Crippen LogP contribution in [0, 0.1) is 0 Å². The van der Waals surface area contributed by atoms with Crippen LogP contribution in [0.4, 0.5) is 0 Å². The third-order valence-electron chi connectivity index (χ3n) is 4.22. The van der Waals surface area contributed by atoms with E-state index in [0.29, 0.717) is 25.7 Å². The Morgan fingerprint density at radius 1 is 1.11 bits per heavy atom. The van der Waals surface area contributed by atoms with Crippen molar-refractivity contribution >= 4 is 29.9 Å². The number of nitrogens with one attached hydrogen (secondary N) is 2. The Morgan fingerprint density at radius 3 is 2.46 bits per heavy atom. The smallest absolute Gasteiger partial charge is 0.191 e. The molecule has 28 heavy (non-hydrogen) atoms.